The van der Waals surface area contributed by atoms with Gasteiger partial charge in [-0.1, -0.05) is 45.0 Å². The molecule has 1 atom stereocenters. The molecule has 6 rings (SSSR count). The fraction of sp³-hybridized carbons (Fsp3) is 0.310. The molecule has 1 aliphatic heterocycles. The molecule has 280 valence electrons. The van der Waals surface area contributed by atoms with Gasteiger partial charge < -0.3 is 29.6 Å². The first-order chi connectivity index (χ1) is 26.0. The van der Waals surface area contributed by atoms with Crippen molar-refractivity contribution >= 4 is 39.0 Å². The lowest BCUT2D eigenvalue weighted by molar-refractivity contribution is 0.0322. The Hall–Kier alpha value is -5.48. The Bertz CT molecular complexity index is 2210. The number of fused-ring (bicyclic) bond motifs is 1. The molecule has 5 aromatic rings. The second kappa shape index (κ2) is 17.1. The van der Waals surface area contributed by atoms with Crippen molar-refractivity contribution in [2.75, 3.05) is 63.5 Å². The number of benzene rings is 4. The fourth-order valence-corrected chi connectivity index (χ4v) is 7.03. The monoisotopic (exact) mass is 747 g/mol. The highest BCUT2D eigenvalue weighted by Crippen LogP contribution is 2.38. The zero-order valence-corrected chi connectivity index (χ0v) is 32.0. The Kier molecular flexibility index (Phi) is 12.1. The second-order valence-electron chi connectivity index (χ2n) is 14.0. The van der Waals surface area contributed by atoms with Gasteiger partial charge in [0.25, 0.3) is 0 Å². The van der Waals surface area contributed by atoms with E-state index >= 15 is 0 Å². The van der Waals surface area contributed by atoms with E-state index in [9.17, 15) is 14.3 Å². The van der Waals surface area contributed by atoms with Crippen LogP contribution in [0.5, 0.6) is 23.0 Å². The standard InChI is InChI=1S/C42H45N5O6S/c1-42(2,3)30-24-37(40(50-4)39(25-30)54(5)49)46-41(48)45-36-10-11-38(35-9-7-6-8-34(35)36)53-32-12-13-44-31(26-32)21-28-20-29(27-43)23-33(22-28)52-19-16-47-14-17-51-18-15-47/h6-13,20,22-26H,14-19,21H2,1-5H3,(H2,45,46,48). The summed E-state index contributed by atoms with van der Waals surface area (Å²) in [7, 11) is 0.157. The van der Waals surface area contributed by atoms with Crippen molar-refractivity contribution in [3.8, 4) is 29.1 Å². The lowest BCUT2D eigenvalue weighted by Crippen LogP contribution is -2.38. The van der Waals surface area contributed by atoms with Crippen molar-refractivity contribution in [1.82, 2.24) is 9.88 Å². The van der Waals surface area contributed by atoms with Gasteiger partial charge in [-0.15, -0.1) is 0 Å². The van der Waals surface area contributed by atoms with E-state index in [1.54, 1.807) is 30.7 Å². The van der Waals surface area contributed by atoms with E-state index in [1.165, 1.54) is 7.11 Å². The van der Waals surface area contributed by atoms with E-state index in [2.05, 4.69) is 47.4 Å². The van der Waals surface area contributed by atoms with Gasteiger partial charge in [-0.25, -0.2) is 4.79 Å². The number of aromatic nitrogens is 1. The Morgan fingerprint density at radius 1 is 0.963 bits per heavy atom. The third kappa shape index (κ3) is 9.54. The number of amides is 2. The summed E-state index contributed by atoms with van der Waals surface area (Å²) in [4.78, 5) is 20.8. The van der Waals surface area contributed by atoms with Crippen LogP contribution in [-0.4, -0.2) is 72.9 Å². The summed E-state index contributed by atoms with van der Waals surface area (Å²) in [5.74, 6) is 2.20. The van der Waals surface area contributed by atoms with Gasteiger partial charge in [-0.05, 0) is 65.1 Å². The van der Waals surface area contributed by atoms with E-state index in [0.29, 0.717) is 57.9 Å². The quantitative estimate of drug-likeness (QED) is 0.131. The number of hydrogen-bond donors (Lipinski definition) is 2. The molecule has 1 aliphatic rings. The molecule has 0 radical (unpaired) electrons. The first-order valence-electron chi connectivity index (χ1n) is 17.8. The number of carbonyl (C=O) groups excluding carboxylic acids is 1. The van der Waals surface area contributed by atoms with Gasteiger partial charge in [0, 0.05) is 61.0 Å². The number of nitrogens with one attached hydrogen (secondary N) is 2. The molecule has 11 nitrogen and oxygen atoms in total. The SMILES string of the molecule is COc1c(NC(=O)Nc2ccc(Oc3ccnc(Cc4cc(C#N)cc(OCCN5CCOCC5)c4)c3)c3ccccc23)cc(C(C)(C)C)cc1S(C)=O. The minimum Gasteiger partial charge on any atom is -0.493 e. The molecule has 0 aliphatic carbocycles. The maximum absolute atomic E-state index is 13.5. The van der Waals surface area contributed by atoms with Crippen LogP contribution in [0.4, 0.5) is 16.2 Å². The van der Waals surface area contributed by atoms with Crippen LogP contribution in [0.3, 0.4) is 0 Å². The number of morpholine rings is 1. The molecule has 2 amide bonds. The van der Waals surface area contributed by atoms with E-state index < -0.39 is 16.8 Å². The number of pyridine rings is 1. The number of nitriles is 1. The molecule has 1 unspecified atom stereocenters. The molecule has 12 heteroatoms. The summed E-state index contributed by atoms with van der Waals surface area (Å²) in [6, 6.07) is 26.0. The molecule has 2 heterocycles. The van der Waals surface area contributed by atoms with Gasteiger partial charge in [0.05, 0.1) is 59.0 Å². The summed E-state index contributed by atoms with van der Waals surface area (Å²) in [6.45, 7) is 10.7. The molecule has 0 saturated carbocycles. The van der Waals surface area contributed by atoms with Crippen molar-refractivity contribution in [3.05, 3.63) is 107 Å². The number of rotatable bonds is 12. The molecule has 4 aromatic carbocycles. The first-order valence-corrected chi connectivity index (χ1v) is 19.3. The van der Waals surface area contributed by atoms with Crippen molar-refractivity contribution in [2.45, 2.75) is 37.5 Å². The summed E-state index contributed by atoms with van der Waals surface area (Å²) < 4.78 is 36.1. The average Bonchev–Trinajstić information content (AvgIpc) is 3.15. The van der Waals surface area contributed by atoms with Gasteiger partial charge in [0.2, 0.25) is 0 Å². The number of urea groups is 1. The largest absolute Gasteiger partial charge is 0.493 e. The lowest BCUT2D eigenvalue weighted by Gasteiger charge is -2.26. The van der Waals surface area contributed by atoms with Crippen molar-refractivity contribution in [1.29, 1.82) is 5.26 Å². The highest BCUT2D eigenvalue weighted by Gasteiger charge is 2.23. The highest BCUT2D eigenvalue weighted by atomic mass is 32.2. The van der Waals surface area contributed by atoms with Crippen LogP contribution in [0.1, 0.15) is 43.2 Å². The topological polar surface area (TPSA) is 135 Å². The van der Waals surface area contributed by atoms with Crippen molar-refractivity contribution in [3.63, 3.8) is 0 Å². The summed E-state index contributed by atoms with van der Waals surface area (Å²) >= 11 is 0. The van der Waals surface area contributed by atoms with E-state index in [1.807, 2.05) is 60.7 Å². The highest BCUT2D eigenvalue weighted by molar-refractivity contribution is 7.84. The number of hydrogen-bond acceptors (Lipinski definition) is 9. The van der Waals surface area contributed by atoms with Crippen LogP contribution in [0, 0.1) is 11.3 Å². The molecule has 1 fully saturated rings. The van der Waals surface area contributed by atoms with Gasteiger partial charge in [-0.3, -0.25) is 14.1 Å². The number of carbonyl (C=O) groups is 1. The smallest absolute Gasteiger partial charge is 0.323 e. The minimum absolute atomic E-state index is 0.251. The second-order valence-corrected chi connectivity index (χ2v) is 15.4. The van der Waals surface area contributed by atoms with Crippen LogP contribution in [0.15, 0.2) is 90.0 Å². The van der Waals surface area contributed by atoms with E-state index in [0.717, 1.165) is 60.4 Å². The summed E-state index contributed by atoms with van der Waals surface area (Å²) in [5.41, 5.74) is 3.87. The predicted molar refractivity (Wildman–Crippen MR) is 212 cm³/mol. The third-order valence-corrected chi connectivity index (χ3v) is 10.0. The molecule has 1 aromatic heterocycles. The third-order valence-electron chi connectivity index (χ3n) is 9.09. The van der Waals surface area contributed by atoms with Crippen LogP contribution in [-0.2, 0) is 27.4 Å². The van der Waals surface area contributed by atoms with Crippen LogP contribution < -0.4 is 24.8 Å². The molecule has 2 N–H and O–H groups in total. The van der Waals surface area contributed by atoms with Gasteiger partial charge in [0.1, 0.15) is 23.9 Å². The number of nitrogens with zero attached hydrogens (tertiary/aromatic N) is 3. The Morgan fingerprint density at radius 3 is 2.44 bits per heavy atom. The molecular weight excluding hydrogens is 703 g/mol. The fourth-order valence-electron chi connectivity index (χ4n) is 6.28. The number of anilines is 2. The molecule has 0 bridgehead atoms. The van der Waals surface area contributed by atoms with Gasteiger partial charge >= 0.3 is 6.03 Å². The normalized spacial score (nSPS) is 13.9. The maximum atomic E-state index is 13.5. The van der Waals surface area contributed by atoms with E-state index in [4.69, 9.17) is 18.9 Å². The molecular formula is C42H45N5O6S. The first kappa shape index (κ1) is 38.3. The Morgan fingerprint density at radius 2 is 1.72 bits per heavy atom. The predicted octanol–water partition coefficient (Wildman–Crippen LogP) is 7.89. The Labute approximate surface area is 318 Å². The van der Waals surface area contributed by atoms with Crippen molar-refractivity contribution in [2.24, 2.45) is 0 Å². The van der Waals surface area contributed by atoms with Gasteiger partial charge in [0.15, 0.2) is 5.75 Å². The lowest BCUT2D eigenvalue weighted by atomic mass is 9.86. The van der Waals surface area contributed by atoms with Gasteiger partial charge in [-0.2, -0.15) is 5.26 Å². The van der Waals surface area contributed by atoms with E-state index in [-0.39, 0.29) is 5.41 Å². The summed E-state index contributed by atoms with van der Waals surface area (Å²) in [5, 5.41) is 17.2. The number of ether oxygens (including phenoxy) is 4. The zero-order chi connectivity index (χ0) is 38.2. The molecule has 0 spiro atoms. The summed E-state index contributed by atoms with van der Waals surface area (Å²) in [6.07, 6.45) is 3.76. The minimum atomic E-state index is -1.34. The molecule has 1 saturated heterocycles. The van der Waals surface area contributed by atoms with Crippen LogP contribution in [0.2, 0.25) is 0 Å². The Balaban J connectivity index is 1.17. The van der Waals surface area contributed by atoms with Crippen LogP contribution in [0.25, 0.3) is 10.8 Å². The molecule has 54 heavy (non-hydrogen) atoms. The number of methoxy groups -OCH3 is 1. The maximum Gasteiger partial charge on any atom is 0.323 e. The average molecular weight is 748 g/mol. The van der Waals surface area contributed by atoms with Crippen LogP contribution >= 0.6 is 0 Å². The zero-order valence-electron chi connectivity index (χ0n) is 31.2. The van der Waals surface area contributed by atoms with Crippen molar-refractivity contribution < 1.29 is 28.0 Å².